The van der Waals surface area contributed by atoms with Crippen LogP contribution in [0.15, 0.2) is 0 Å². The van der Waals surface area contributed by atoms with E-state index in [1.54, 1.807) is 0 Å². The first-order chi connectivity index (χ1) is 8.27. The summed E-state index contributed by atoms with van der Waals surface area (Å²) in [7, 11) is 0. The summed E-state index contributed by atoms with van der Waals surface area (Å²) in [4.78, 5) is 10.2. The number of carbonyl (C=O) groups excluding carboxylic acids is 1. The van der Waals surface area contributed by atoms with E-state index in [2.05, 4.69) is 11.7 Å². The number of carbonyl (C=O) groups is 1. The monoisotopic (exact) mass is 264 g/mol. The maximum atomic E-state index is 10.2. The molecule has 0 saturated carbocycles. The minimum atomic E-state index is -0.763. The molecule has 4 heteroatoms. The summed E-state index contributed by atoms with van der Waals surface area (Å²) in [5.41, 5.74) is -0.763. The van der Waals surface area contributed by atoms with Gasteiger partial charge in [0.1, 0.15) is 6.61 Å². The first-order valence-corrected chi connectivity index (χ1v) is 7.05. The normalized spacial score (nSPS) is 10.5. The lowest BCUT2D eigenvalue weighted by molar-refractivity contribution is 0.0800. The third-order valence-electron chi connectivity index (χ3n) is 2.59. The molecule has 0 atom stereocenters. The van der Waals surface area contributed by atoms with E-state index in [4.69, 9.17) is 16.3 Å². The van der Waals surface area contributed by atoms with Crippen molar-refractivity contribution < 1.29 is 14.3 Å². The number of hydrogen-bond acceptors (Lipinski definition) is 3. The Kier molecular flexibility index (Phi) is 13.6. The predicted molar refractivity (Wildman–Crippen MR) is 70.6 cm³/mol. The van der Waals surface area contributed by atoms with Crippen LogP contribution in [0.4, 0.5) is 4.79 Å². The van der Waals surface area contributed by atoms with E-state index in [1.165, 1.54) is 44.9 Å². The van der Waals surface area contributed by atoms with Gasteiger partial charge in [0, 0.05) is 18.2 Å². The van der Waals surface area contributed by atoms with Gasteiger partial charge in [0.15, 0.2) is 0 Å². The van der Waals surface area contributed by atoms with Gasteiger partial charge in [-0.05, 0) is 6.42 Å². The molecule has 0 aliphatic carbocycles. The molecule has 0 fully saturated rings. The first-order valence-electron chi connectivity index (χ1n) is 6.67. The molecule has 0 aromatic heterocycles. The first kappa shape index (κ1) is 16.7. The molecular formula is C13H25ClO3. The van der Waals surface area contributed by atoms with Gasteiger partial charge in [0.2, 0.25) is 0 Å². The van der Waals surface area contributed by atoms with E-state index in [9.17, 15) is 4.79 Å². The van der Waals surface area contributed by atoms with Crippen molar-refractivity contribution in [1.29, 1.82) is 0 Å². The quantitative estimate of drug-likeness (QED) is 0.384. The number of ether oxygens (including phenoxy) is 2. The molecule has 102 valence electrons. The topological polar surface area (TPSA) is 35.5 Å². The van der Waals surface area contributed by atoms with E-state index < -0.39 is 5.43 Å². The minimum absolute atomic E-state index is 0.249. The average molecular weight is 265 g/mol. The van der Waals surface area contributed by atoms with Gasteiger partial charge in [-0.3, -0.25) is 0 Å². The van der Waals surface area contributed by atoms with Crippen molar-refractivity contribution in [1.82, 2.24) is 0 Å². The average Bonchev–Trinajstić information content (AvgIpc) is 2.30. The third-order valence-corrected chi connectivity index (χ3v) is 2.69. The number of unbranched alkanes of at least 4 members (excludes halogenated alkanes) is 7. The molecule has 0 aliphatic rings. The van der Waals surface area contributed by atoms with E-state index in [-0.39, 0.29) is 6.61 Å². The largest absolute Gasteiger partial charge is 0.451 e. The molecule has 0 spiro atoms. The number of hydrogen-bond donors (Lipinski definition) is 0. The van der Waals surface area contributed by atoms with E-state index in [0.717, 1.165) is 13.0 Å². The maximum Gasteiger partial charge on any atom is 0.403 e. The van der Waals surface area contributed by atoms with Crippen molar-refractivity contribution in [3.05, 3.63) is 0 Å². The van der Waals surface area contributed by atoms with E-state index >= 15 is 0 Å². The van der Waals surface area contributed by atoms with Crippen LogP contribution in [0.1, 0.15) is 58.3 Å². The molecule has 0 aromatic rings. The second-order valence-corrected chi connectivity index (χ2v) is 4.48. The molecule has 0 radical (unpaired) electrons. The molecule has 0 N–H and O–H groups in total. The Morgan fingerprint density at radius 1 is 0.882 bits per heavy atom. The Balaban J connectivity index is 2.91. The van der Waals surface area contributed by atoms with E-state index in [0.29, 0.717) is 6.61 Å². The van der Waals surface area contributed by atoms with Crippen molar-refractivity contribution in [3.63, 3.8) is 0 Å². The second-order valence-electron chi connectivity index (χ2n) is 4.17. The SMILES string of the molecule is CCCCCCCCCCOCCOC(=O)Cl. The lowest BCUT2D eigenvalue weighted by Crippen LogP contribution is -2.06. The van der Waals surface area contributed by atoms with Gasteiger partial charge in [-0.25, -0.2) is 4.79 Å². The van der Waals surface area contributed by atoms with Gasteiger partial charge in [-0.15, -0.1) is 0 Å². The summed E-state index contributed by atoms with van der Waals surface area (Å²) in [5, 5.41) is 0. The zero-order valence-electron chi connectivity index (χ0n) is 10.9. The van der Waals surface area contributed by atoms with Crippen LogP contribution in [0, 0.1) is 0 Å². The third kappa shape index (κ3) is 15.7. The summed E-state index contributed by atoms with van der Waals surface area (Å²) in [6.45, 7) is 3.67. The van der Waals surface area contributed by atoms with Crippen LogP contribution < -0.4 is 0 Å². The zero-order chi connectivity index (χ0) is 12.8. The summed E-state index contributed by atoms with van der Waals surface area (Å²) in [6, 6.07) is 0. The Morgan fingerprint density at radius 2 is 1.47 bits per heavy atom. The van der Waals surface area contributed by atoms with E-state index in [1.807, 2.05) is 0 Å². The second kappa shape index (κ2) is 13.8. The lowest BCUT2D eigenvalue weighted by atomic mass is 10.1. The molecule has 0 aromatic carbocycles. The summed E-state index contributed by atoms with van der Waals surface area (Å²) in [6.07, 6.45) is 10.3. The van der Waals surface area contributed by atoms with Crippen LogP contribution in [0.3, 0.4) is 0 Å². The van der Waals surface area contributed by atoms with Crippen molar-refractivity contribution in [2.75, 3.05) is 19.8 Å². The fourth-order valence-corrected chi connectivity index (χ4v) is 1.70. The molecular weight excluding hydrogens is 240 g/mol. The van der Waals surface area contributed by atoms with Gasteiger partial charge in [-0.2, -0.15) is 0 Å². The minimum Gasteiger partial charge on any atom is -0.451 e. The molecule has 0 amide bonds. The highest BCUT2D eigenvalue weighted by Crippen LogP contribution is 2.08. The summed E-state index contributed by atoms with van der Waals surface area (Å²) in [5.74, 6) is 0. The standard InChI is InChI=1S/C13H25ClO3/c1-2-3-4-5-6-7-8-9-10-16-11-12-17-13(14)15/h2-12H2,1H3. The number of halogens is 1. The van der Waals surface area contributed by atoms with Gasteiger partial charge >= 0.3 is 5.43 Å². The Labute approximate surface area is 110 Å². The van der Waals surface area contributed by atoms with Gasteiger partial charge in [-0.1, -0.05) is 51.9 Å². The highest BCUT2D eigenvalue weighted by Gasteiger charge is 1.95. The molecule has 3 nitrogen and oxygen atoms in total. The summed E-state index contributed by atoms with van der Waals surface area (Å²) >= 11 is 4.99. The van der Waals surface area contributed by atoms with Gasteiger partial charge in [0.25, 0.3) is 0 Å². The van der Waals surface area contributed by atoms with Crippen LogP contribution >= 0.6 is 11.6 Å². The molecule has 0 heterocycles. The van der Waals surface area contributed by atoms with Crippen LogP contribution in [0.2, 0.25) is 0 Å². The highest BCUT2D eigenvalue weighted by molar-refractivity contribution is 6.61. The van der Waals surface area contributed by atoms with Crippen LogP contribution in [-0.4, -0.2) is 25.2 Å². The lowest BCUT2D eigenvalue weighted by Gasteiger charge is -2.04. The van der Waals surface area contributed by atoms with Crippen LogP contribution in [0.5, 0.6) is 0 Å². The molecule has 0 saturated heterocycles. The molecule has 17 heavy (non-hydrogen) atoms. The zero-order valence-corrected chi connectivity index (χ0v) is 11.6. The Hall–Kier alpha value is -0.280. The van der Waals surface area contributed by atoms with Crippen molar-refractivity contribution in [2.45, 2.75) is 58.3 Å². The Bertz CT molecular complexity index is 174. The van der Waals surface area contributed by atoms with Gasteiger partial charge in [0.05, 0.1) is 6.61 Å². The molecule has 0 bridgehead atoms. The molecule has 0 rings (SSSR count). The Morgan fingerprint density at radius 3 is 2.06 bits per heavy atom. The molecule has 0 aliphatic heterocycles. The highest BCUT2D eigenvalue weighted by atomic mass is 35.5. The predicted octanol–water partition coefficient (Wildman–Crippen LogP) is 4.52. The fraction of sp³-hybridized carbons (Fsp3) is 0.923. The van der Waals surface area contributed by atoms with Gasteiger partial charge < -0.3 is 9.47 Å². The van der Waals surface area contributed by atoms with Crippen molar-refractivity contribution in [2.24, 2.45) is 0 Å². The molecule has 0 unspecified atom stereocenters. The van der Waals surface area contributed by atoms with Crippen LogP contribution in [-0.2, 0) is 9.47 Å². The van der Waals surface area contributed by atoms with Crippen molar-refractivity contribution in [3.8, 4) is 0 Å². The smallest absolute Gasteiger partial charge is 0.403 e. The fourth-order valence-electron chi connectivity index (χ4n) is 1.62. The maximum absolute atomic E-state index is 10.2. The van der Waals surface area contributed by atoms with Crippen LogP contribution in [0.25, 0.3) is 0 Å². The van der Waals surface area contributed by atoms with Crippen molar-refractivity contribution >= 4 is 17.0 Å². The number of rotatable bonds is 12. The summed E-state index contributed by atoms with van der Waals surface area (Å²) < 4.78 is 9.82.